The van der Waals surface area contributed by atoms with E-state index in [1.165, 1.54) is 4.57 Å². The van der Waals surface area contributed by atoms with Gasteiger partial charge in [-0.1, -0.05) is 27.2 Å². The smallest absolute Gasteiger partial charge is 0.330 e. The quantitative estimate of drug-likeness (QED) is 0.577. The normalized spacial score (nSPS) is 12.7. The summed E-state index contributed by atoms with van der Waals surface area (Å²) in [4.78, 5) is 25.9. The average Bonchev–Trinajstić information content (AvgIpc) is 2.38. The third-order valence-electron chi connectivity index (χ3n) is 3.31. The minimum atomic E-state index is -0.556. The zero-order valence-electron chi connectivity index (χ0n) is 12.3. The summed E-state index contributed by atoms with van der Waals surface area (Å²) in [7, 11) is 0. The van der Waals surface area contributed by atoms with Gasteiger partial charge in [0.15, 0.2) is 0 Å². The molecule has 0 saturated heterocycles. The Morgan fingerprint density at radius 2 is 2.05 bits per heavy atom. The molecule has 0 aliphatic heterocycles. The molecule has 0 saturated carbocycles. The van der Waals surface area contributed by atoms with Gasteiger partial charge in [-0.05, 0) is 12.3 Å². The number of aliphatic hydroxyl groups excluding tert-OH is 1. The fourth-order valence-electron chi connectivity index (χ4n) is 1.87. The molecule has 114 valence electrons. The molecule has 1 aromatic rings. The van der Waals surface area contributed by atoms with Crippen LogP contribution in [-0.2, 0) is 6.54 Å². The van der Waals surface area contributed by atoms with Gasteiger partial charge in [0, 0.05) is 6.54 Å². The molecule has 0 amide bonds. The first kappa shape index (κ1) is 16.3. The highest BCUT2D eigenvalue weighted by atomic mass is 16.3. The van der Waals surface area contributed by atoms with Crippen LogP contribution in [0.4, 0.5) is 11.5 Å². The molecular weight excluding hydrogens is 260 g/mol. The van der Waals surface area contributed by atoms with Crippen molar-refractivity contribution in [1.82, 2.24) is 9.55 Å². The van der Waals surface area contributed by atoms with Gasteiger partial charge in [-0.2, -0.15) is 0 Å². The van der Waals surface area contributed by atoms with Crippen molar-refractivity contribution < 1.29 is 5.11 Å². The van der Waals surface area contributed by atoms with Crippen LogP contribution >= 0.6 is 0 Å². The van der Waals surface area contributed by atoms with Gasteiger partial charge in [0.05, 0.1) is 12.6 Å². The highest BCUT2D eigenvalue weighted by molar-refractivity contribution is 5.61. The van der Waals surface area contributed by atoms with Gasteiger partial charge in [-0.25, -0.2) is 4.79 Å². The van der Waals surface area contributed by atoms with Gasteiger partial charge >= 0.3 is 5.69 Å². The summed E-state index contributed by atoms with van der Waals surface area (Å²) < 4.78 is 1.35. The maximum atomic E-state index is 11.9. The minimum absolute atomic E-state index is 0.117. The van der Waals surface area contributed by atoms with Crippen molar-refractivity contribution in [2.75, 3.05) is 17.7 Å². The Hall–Kier alpha value is -1.76. The second-order valence-corrected chi connectivity index (χ2v) is 5.20. The molecule has 0 fully saturated rings. The van der Waals surface area contributed by atoms with Crippen LogP contribution < -0.4 is 22.3 Å². The van der Waals surface area contributed by atoms with E-state index in [1.54, 1.807) is 0 Å². The van der Waals surface area contributed by atoms with Crippen molar-refractivity contribution in [2.24, 2.45) is 5.92 Å². The molecule has 1 aromatic heterocycles. The van der Waals surface area contributed by atoms with Gasteiger partial charge in [-0.15, -0.1) is 0 Å². The number of unbranched alkanes of at least 4 members (excludes halogenated alkanes) is 1. The number of hydrogen-bond acceptors (Lipinski definition) is 5. The van der Waals surface area contributed by atoms with Gasteiger partial charge in [0.25, 0.3) is 5.56 Å². The van der Waals surface area contributed by atoms with E-state index in [0.29, 0.717) is 6.54 Å². The summed E-state index contributed by atoms with van der Waals surface area (Å²) in [6.07, 6.45) is 1.71. The third-order valence-corrected chi connectivity index (χ3v) is 3.31. The van der Waals surface area contributed by atoms with E-state index >= 15 is 0 Å². The number of H-pyrrole nitrogens is 1. The van der Waals surface area contributed by atoms with Gasteiger partial charge < -0.3 is 16.2 Å². The van der Waals surface area contributed by atoms with Crippen molar-refractivity contribution in [3.05, 3.63) is 20.8 Å². The van der Waals surface area contributed by atoms with Gasteiger partial charge in [0.1, 0.15) is 11.5 Å². The minimum Gasteiger partial charge on any atom is -0.394 e. The molecule has 20 heavy (non-hydrogen) atoms. The number of anilines is 2. The fourth-order valence-corrected chi connectivity index (χ4v) is 1.87. The number of aliphatic hydroxyl groups is 1. The van der Waals surface area contributed by atoms with E-state index in [0.717, 1.165) is 12.8 Å². The molecular formula is C13H24N4O3. The average molecular weight is 284 g/mol. The third kappa shape index (κ3) is 3.63. The van der Waals surface area contributed by atoms with Crippen LogP contribution in [-0.4, -0.2) is 27.3 Å². The second-order valence-electron chi connectivity index (χ2n) is 5.20. The van der Waals surface area contributed by atoms with E-state index in [1.807, 2.05) is 20.8 Å². The molecule has 1 atom stereocenters. The maximum Gasteiger partial charge on any atom is 0.330 e. The largest absolute Gasteiger partial charge is 0.394 e. The number of rotatable bonds is 7. The molecule has 0 aromatic carbocycles. The van der Waals surface area contributed by atoms with E-state index < -0.39 is 11.2 Å². The molecule has 1 rings (SSSR count). The zero-order valence-corrected chi connectivity index (χ0v) is 12.3. The zero-order chi connectivity index (χ0) is 15.3. The van der Waals surface area contributed by atoms with E-state index in [4.69, 9.17) is 5.73 Å². The number of aromatic nitrogens is 2. The summed E-state index contributed by atoms with van der Waals surface area (Å²) in [6, 6.07) is -0.296. The van der Waals surface area contributed by atoms with Crippen LogP contribution in [0.1, 0.15) is 33.6 Å². The Kier molecular flexibility index (Phi) is 5.82. The number of nitrogens with zero attached hydrogens (tertiary/aromatic N) is 1. The number of nitrogens with two attached hydrogens (primary N) is 1. The lowest BCUT2D eigenvalue weighted by Crippen LogP contribution is -2.38. The molecule has 7 heteroatoms. The monoisotopic (exact) mass is 284 g/mol. The Morgan fingerprint density at radius 1 is 1.40 bits per heavy atom. The number of nitrogens with one attached hydrogen (secondary N) is 2. The first-order valence-corrected chi connectivity index (χ1v) is 6.92. The number of aromatic amines is 1. The van der Waals surface area contributed by atoms with Crippen molar-refractivity contribution in [3.63, 3.8) is 0 Å². The predicted molar refractivity (Wildman–Crippen MR) is 80.0 cm³/mol. The molecule has 0 unspecified atom stereocenters. The lowest BCUT2D eigenvalue weighted by molar-refractivity contribution is 0.249. The molecule has 0 bridgehead atoms. The predicted octanol–water partition coefficient (Wildman–Crippen LogP) is 0.348. The van der Waals surface area contributed by atoms with Crippen molar-refractivity contribution >= 4 is 11.5 Å². The topological polar surface area (TPSA) is 113 Å². The molecule has 0 aliphatic carbocycles. The summed E-state index contributed by atoms with van der Waals surface area (Å²) in [6.45, 7) is 6.19. The van der Waals surface area contributed by atoms with E-state index in [2.05, 4.69) is 10.3 Å². The van der Waals surface area contributed by atoms with E-state index in [-0.39, 0.29) is 30.1 Å². The molecule has 0 aliphatic rings. The highest BCUT2D eigenvalue weighted by Crippen LogP contribution is 2.15. The van der Waals surface area contributed by atoms with Crippen molar-refractivity contribution in [2.45, 2.75) is 46.2 Å². The molecule has 5 N–H and O–H groups in total. The summed E-state index contributed by atoms with van der Waals surface area (Å²) in [5, 5.41) is 12.3. The van der Waals surface area contributed by atoms with Crippen LogP contribution in [0.5, 0.6) is 0 Å². The van der Waals surface area contributed by atoms with Crippen LogP contribution in [0.3, 0.4) is 0 Å². The summed E-state index contributed by atoms with van der Waals surface area (Å²) in [5.41, 5.74) is 5.02. The molecule has 0 spiro atoms. The van der Waals surface area contributed by atoms with E-state index in [9.17, 15) is 14.7 Å². The summed E-state index contributed by atoms with van der Waals surface area (Å²) >= 11 is 0. The van der Waals surface area contributed by atoms with Crippen LogP contribution in [0, 0.1) is 5.92 Å². The van der Waals surface area contributed by atoms with Crippen LogP contribution in [0.25, 0.3) is 0 Å². The Labute approximate surface area is 117 Å². The summed E-state index contributed by atoms with van der Waals surface area (Å²) in [5.74, 6) is 0.237. The van der Waals surface area contributed by atoms with Crippen molar-refractivity contribution in [1.29, 1.82) is 0 Å². The Morgan fingerprint density at radius 3 is 2.55 bits per heavy atom. The number of hydrogen-bond donors (Lipinski definition) is 4. The first-order valence-electron chi connectivity index (χ1n) is 6.92. The van der Waals surface area contributed by atoms with Gasteiger partial charge in [0.2, 0.25) is 0 Å². The van der Waals surface area contributed by atoms with Gasteiger partial charge in [-0.3, -0.25) is 14.3 Å². The first-order chi connectivity index (χ1) is 9.42. The molecule has 1 heterocycles. The van der Waals surface area contributed by atoms with Crippen LogP contribution in [0.15, 0.2) is 9.59 Å². The fraction of sp³-hybridized carbons (Fsp3) is 0.692. The molecule has 7 nitrogen and oxygen atoms in total. The second kappa shape index (κ2) is 7.14. The van der Waals surface area contributed by atoms with Crippen LogP contribution in [0.2, 0.25) is 0 Å². The Bertz CT molecular complexity index is 548. The lowest BCUT2D eigenvalue weighted by Gasteiger charge is -2.22. The lowest BCUT2D eigenvalue weighted by atomic mass is 10.1. The number of nitrogen functional groups attached to an aromatic ring is 1. The SMILES string of the molecule is CCCCn1c(N)c(N[C@H](CO)C(C)C)c(=O)[nH]c1=O. The highest BCUT2D eigenvalue weighted by Gasteiger charge is 2.18. The standard InChI is InChI=1S/C13H24N4O3/c1-4-5-6-17-11(14)10(12(19)16-13(17)20)15-9(7-18)8(2)3/h8-9,15,18H,4-7,14H2,1-3H3,(H,16,19,20)/t9-/m1/s1. The Balaban J connectivity index is 3.19. The maximum absolute atomic E-state index is 11.9. The van der Waals surface area contributed by atoms with Crippen molar-refractivity contribution in [3.8, 4) is 0 Å². The molecule has 0 radical (unpaired) electrons.